The number of hydrogen-bond acceptors (Lipinski definition) is 5. The number of furan rings is 1. The Bertz CT molecular complexity index is 3390. The first-order chi connectivity index (χ1) is 28.3. The third-order valence-corrected chi connectivity index (χ3v) is 12.8. The van der Waals surface area contributed by atoms with Crippen molar-refractivity contribution in [3.05, 3.63) is 185 Å². The van der Waals surface area contributed by atoms with Gasteiger partial charge in [0.1, 0.15) is 23.2 Å². The molecule has 57 heavy (non-hydrogen) atoms. The minimum atomic E-state index is -0.234. The van der Waals surface area contributed by atoms with Crippen molar-refractivity contribution in [2.24, 2.45) is 9.98 Å². The fraction of sp³-hybridized carbons (Fsp3) is 0.0588. The summed E-state index contributed by atoms with van der Waals surface area (Å²) >= 11 is 1.84. The standard InChI is InChI=1S/C51H34N4OS/c1-3-14-31(15-4-1)49-52-50(32-16-5-2-6-17-32)54-51(53-49)41-24-12-23-40-46-37(20-13-27-45(46)57-48(40)41)39-22-11-21-38-36-29-28-33(30-44(36)56-47(38)39)55-42-25-9-7-18-34(42)35-19-8-10-26-43(35)55/h1-11,13-23,25-30,49H,12,24H2,(H,52,53,54). The fourth-order valence-electron chi connectivity index (χ4n) is 8.98. The van der Waals surface area contributed by atoms with E-state index in [2.05, 4.69) is 168 Å². The monoisotopic (exact) mass is 750 g/mol. The first-order valence-corrected chi connectivity index (χ1v) is 20.3. The summed E-state index contributed by atoms with van der Waals surface area (Å²) in [5.74, 6) is 1.65. The number of aromatic nitrogens is 1. The fourth-order valence-corrected chi connectivity index (χ4v) is 10.3. The van der Waals surface area contributed by atoms with Crippen LogP contribution in [-0.2, 0) is 0 Å². The molecule has 1 unspecified atom stereocenters. The van der Waals surface area contributed by atoms with Crippen LogP contribution in [0.3, 0.4) is 0 Å². The van der Waals surface area contributed by atoms with Gasteiger partial charge in [-0.1, -0.05) is 133 Å². The Kier molecular flexibility index (Phi) is 7.22. The predicted octanol–water partition coefficient (Wildman–Crippen LogP) is 11.4. The smallest absolute Gasteiger partial charge is 0.156 e. The van der Waals surface area contributed by atoms with Crippen molar-refractivity contribution in [2.45, 2.75) is 19.0 Å². The highest BCUT2D eigenvalue weighted by atomic mass is 32.1. The molecule has 7 aromatic carbocycles. The Morgan fingerprint density at radius 3 is 2.16 bits per heavy atom. The van der Waals surface area contributed by atoms with E-state index in [1.165, 1.54) is 52.8 Å². The summed E-state index contributed by atoms with van der Waals surface area (Å²) in [6, 6.07) is 58.0. The summed E-state index contributed by atoms with van der Waals surface area (Å²) in [6.45, 7) is 0. The highest BCUT2D eigenvalue weighted by Gasteiger charge is 2.25. The van der Waals surface area contributed by atoms with Crippen LogP contribution in [0.5, 0.6) is 0 Å². The lowest BCUT2D eigenvalue weighted by Gasteiger charge is -2.24. The molecular formula is C51H34N4OS. The molecule has 0 spiro atoms. The van der Waals surface area contributed by atoms with E-state index in [4.69, 9.17) is 14.4 Å². The molecule has 0 amide bonds. The normalized spacial score (nSPS) is 15.5. The van der Waals surface area contributed by atoms with Gasteiger partial charge in [0.05, 0.1) is 11.0 Å². The third kappa shape index (κ3) is 5.07. The molecule has 5 nitrogen and oxygen atoms in total. The van der Waals surface area contributed by atoms with Crippen molar-refractivity contribution in [3.8, 4) is 16.8 Å². The number of rotatable bonds is 5. The van der Waals surface area contributed by atoms with Gasteiger partial charge in [-0.25, -0.2) is 9.98 Å². The SMILES string of the molecule is C1=c2c(sc3cccc(-c4cccc5c4oc4cc(-n6c7ccccc7c7ccccc76)ccc45)c23)=C(C2=NC(c3ccccc3)NC(c3ccccc3)=N2)CC1. The minimum absolute atomic E-state index is 0.234. The lowest BCUT2D eigenvalue weighted by atomic mass is 9.96. The lowest BCUT2D eigenvalue weighted by Crippen LogP contribution is -2.35. The van der Waals surface area contributed by atoms with Gasteiger partial charge in [-0.2, -0.15) is 0 Å². The van der Waals surface area contributed by atoms with E-state index in [1.54, 1.807) is 0 Å². The van der Waals surface area contributed by atoms with Gasteiger partial charge >= 0.3 is 0 Å². The summed E-state index contributed by atoms with van der Waals surface area (Å²) in [4.78, 5) is 10.5. The van der Waals surface area contributed by atoms with Crippen molar-refractivity contribution in [1.82, 2.24) is 9.88 Å². The highest BCUT2D eigenvalue weighted by molar-refractivity contribution is 7.17. The van der Waals surface area contributed by atoms with E-state index in [9.17, 15) is 0 Å². The first-order valence-electron chi connectivity index (χ1n) is 19.5. The van der Waals surface area contributed by atoms with Crippen LogP contribution in [-0.4, -0.2) is 16.2 Å². The maximum absolute atomic E-state index is 6.93. The van der Waals surface area contributed by atoms with Crippen molar-refractivity contribution in [3.63, 3.8) is 0 Å². The van der Waals surface area contributed by atoms with Crippen LogP contribution in [0.1, 0.15) is 30.1 Å². The van der Waals surface area contributed by atoms with Gasteiger partial charge < -0.3 is 14.3 Å². The Morgan fingerprint density at radius 1 is 0.649 bits per heavy atom. The quantitative estimate of drug-likeness (QED) is 0.190. The maximum Gasteiger partial charge on any atom is 0.156 e. The second kappa shape index (κ2) is 12.8. The number of hydrogen-bond donors (Lipinski definition) is 1. The molecule has 0 saturated carbocycles. The molecule has 1 aliphatic carbocycles. The number of para-hydroxylation sites is 3. The third-order valence-electron chi connectivity index (χ3n) is 11.6. The summed E-state index contributed by atoms with van der Waals surface area (Å²) in [7, 11) is 0. The Labute approximate surface area is 331 Å². The second-order valence-electron chi connectivity index (χ2n) is 14.8. The molecule has 1 N–H and O–H groups in total. The highest BCUT2D eigenvalue weighted by Crippen LogP contribution is 2.40. The van der Waals surface area contributed by atoms with E-state index in [0.717, 1.165) is 68.8 Å². The number of benzene rings is 7. The number of thiophene rings is 1. The molecular weight excluding hydrogens is 717 g/mol. The van der Waals surface area contributed by atoms with Crippen molar-refractivity contribution >= 4 is 88.5 Å². The van der Waals surface area contributed by atoms with E-state index >= 15 is 0 Å². The molecule has 0 saturated heterocycles. The number of amidine groups is 2. The molecule has 2 aliphatic rings. The molecule has 3 aromatic heterocycles. The van der Waals surface area contributed by atoms with Gasteiger partial charge in [0.2, 0.25) is 0 Å². The topological polar surface area (TPSA) is 54.8 Å². The average molecular weight is 751 g/mol. The molecule has 10 aromatic rings. The molecule has 1 aliphatic heterocycles. The summed E-state index contributed by atoms with van der Waals surface area (Å²) < 4.78 is 11.8. The van der Waals surface area contributed by atoms with Crippen LogP contribution in [0.15, 0.2) is 178 Å². The zero-order valence-corrected chi connectivity index (χ0v) is 31.6. The Morgan fingerprint density at radius 2 is 1.35 bits per heavy atom. The predicted molar refractivity (Wildman–Crippen MR) is 238 cm³/mol. The summed E-state index contributed by atoms with van der Waals surface area (Å²) in [6.07, 6.45) is 3.98. The van der Waals surface area contributed by atoms with E-state index in [0.29, 0.717) is 0 Å². The molecule has 0 fully saturated rings. The van der Waals surface area contributed by atoms with Crippen LogP contribution in [0.2, 0.25) is 0 Å². The Balaban J connectivity index is 1.03. The number of fused-ring (bicyclic) bond motifs is 9. The van der Waals surface area contributed by atoms with Crippen LogP contribution in [0, 0.1) is 0 Å². The van der Waals surface area contributed by atoms with Crippen LogP contribution in [0.25, 0.3) is 82.3 Å². The van der Waals surface area contributed by atoms with E-state index in [-0.39, 0.29) is 6.17 Å². The minimum Gasteiger partial charge on any atom is -0.455 e. The average Bonchev–Trinajstić information content (AvgIpc) is 3.96. The molecule has 12 rings (SSSR count). The lowest BCUT2D eigenvalue weighted by molar-refractivity contribution is 0.670. The zero-order chi connectivity index (χ0) is 37.5. The Hall–Kier alpha value is -7.02. The van der Waals surface area contributed by atoms with Gasteiger partial charge in [-0.05, 0) is 59.5 Å². The zero-order valence-electron chi connectivity index (χ0n) is 30.8. The van der Waals surface area contributed by atoms with Crippen LogP contribution in [0.4, 0.5) is 0 Å². The second-order valence-corrected chi connectivity index (χ2v) is 15.9. The number of aliphatic imine (C=N–C) groups is 2. The van der Waals surface area contributed by atoms with Crippen molar-refractivity contribution < 1.29 is 4.42 Å². The molecule has 6 heteroatoms. The first kappa shape index (κ1) is 32.2. The van der Waals surface area contributed by atoms with Gasteiger partial charge in [-0.15, -0.1) is 11.3 Å². The molecule has 4 heterocycles. The van der Waals surface area contributed by atoms with Gasteiger partial charge in [0.25, 0.3) is 0 Å². The number of nitrogens with zero attached hydrogens (tertiary/aromatic N) is 3. The molecule has 1 atom stereocenters. The van der Waals surface area contributed by atoms with Gasteiger partial charge in [0, 0.05) is 64.6 Å². The maximum atomic E-state index is 6.93. The van der Waals surface area contributed by atoms with Crippen LogP contribution >= 0.6 is 11.3 Å². The summed E-state index contributed by atoms with van der Waals surface area (Å²) in [5.41, 5.74) is 10.9. The number of nitrogens with one attached hydrogen (secondary N) is 1. The molecule has 0 bridgehead atoms. The van der Waals surface area contributed by atoms with Gasteiger partial charge in [-0.3, -0.25) is 0 Å². The van der Waals surface area contributed by atoms with Crippen LogP contribution < -0.4 is 15.1 Å². The van der Waals surface area contributed by atoms with Gasteiger partial charge in [0.15, 0.2) is 5.84 Å². The summed E-state index contributed by atoms with van der Waals surface area (Å²) in [5, 5.41) is 10.9. The van der Waals surface area contributed by atoms with E-state index in [1.807, 2.05) is 23.5 Å². The molecule has 270 valence electrons. The van der Waals surface area contributed by atoms with E-state index < -0.39 is 0 Å². The van der Waals surface area contributed by atoms with Crippen molar-refractivity contribution in [2.75, 3.05) is 0 Å². The van der Waals surface area contributed by atoms with Crippen molar-refractivity contribution in [1.29, 1.82) is 0 Å². The largest absolute Gasteiger partial charge is 0.455 e. The molecule has 0 radical (unpaired) electrons.